The predicted molar refractivity (Wildman–Crippen MR) is 112 cm³/mol. The van der Waals surface area contributed by atoms with Crippen molar-refractivity contribution in [3.8, 4) is 22.8 Å². The number of carboxylic acids is 1. The van der Waals surface area contributed by atoms with Gasteiger partial charge in [0, 0.05) is 24.3 Å². The maximum absolute atomic E-state index is 10.9. The quantitative estimate of drug-likeness (QED) is 0.584. The molecule has 7 nitrogen and oxygen atoms in total. The number of aromatic nitrogens is 3. The zero-order chi connectivity index (χ0) is 21.1. The van der Waals surface area contributed by atoms with Crippen molar-refractivity contribution < 1.29 is 14.4 Å². The summed E-state index contributed by atoms with van der Waals surface area (Å²) in [4.78, 5) is 19.8. The molecular weight excluding hydrogens is 380 g/mol. The summed E-state index contributed by atoms with van der Waals surface area (Å²) in [5.41, 5.74) is 3.87. The Morgan fingerprint density at radius 3 is 2.53 bits per heavy atom. The first kappa shape index (κ1) is 20.2. The van der Waals surface area contributed by atoms with Crippen LogP contribution in [0.1, 0.15) is 37.9 Å². The highest BCUT2D eigenvalue weighted by Gasteiger charge is 2.33. The molecule has 0 amide bonds. The van der Waals surface area contributed by atoms with Crippen molar-refractivity contribution in [3.05, 3.63) is 53.9 Å². The van der Waals surface area contributed by atoms with Crippen molar-refractivity contribution in [2.24, 2.45) is 11.8 Å². The molecule has 30 heavy (non-hydrogen) atoms. The summed E-state index contributed by atoms with van der Waals surface area (Å²) in [6.45, 7) is 5.02. The summed E-state index contributed by atoms with van der Waals surface area (Å²) in [5.74, 6) is 0.696. The largest absolute Gasteiger partial charge is 0.481 e. The van der Waals surface area contributed by atoms with E-state index in [0.717, 1.165) is 23.2 Å². The fourth-order valence-electron chi connectivity index (χ4n) is 3.61. The first-order valence-corrected chi connectivity index (χ1v) is 10.3. The van der Waals surface area contributed by atoms with Crippen molar-refractivity contribution in [1.29, 1.82) is 0 Å². The molecule has 2 N–H and O–H groups in total. The highest BCUT2D eigenvalue weighted by molar-refractivity contribution is 5.71. The normalized spacial score (nSPS) is 18.4. The Hall–Kier alpha value is -3.06. The zero-order valence-electron chi connectivity index (χ0n) is 17.2. The minimum Gasteiger partial charge on any atom is -0.481 e. The van der Waals surface area contributed by atoms with E-state index >= 15 is 0 Å². The number of pyridine rings is 1. The highest BCUT2D eigenvalue weighted by Crippen LogP contribution is 2.28. The number of carbonyl (C=O) groups is 1. The molecule has 0 aliphatic heterocycles. The third-order valence-corrected chi connectivity index (χ3v) is 5.41. The van der Waals surface area contributed by atoms with Gasteiger partial charge in [-0.05, 0) is 42.9 Å². The van der Waals surface area contributed by atoms with E-state index in [4.69, 9.17) is 9.63 Å². The molecule has 156 valence electrons. The van der Waals surface area contributed by atoms with E-state index in [0.29, 0.717) is 37.0 Å². The summed E-state index contributed by atoms with van der Waals surface area (Å²) in [7, 11) is 0. The van der Waals surface area contributed by atoms with Gasteiger partial charge in [0.25, 0.3) is 5.89 Å². The lowest BCUT2D eigenvalue weighted by molar-refractivity contribution is -0.145. The molecule has 7 heteroatoms. The van der Waals surface area contributed by atoms with Crippen molar-refractivity contribution in [2.75, 3.05) is 0 Å². The number of hydrogen-bond acceptors (Lipinski definition) is 6. The molecule has 0 bridgehead atoms. The molecule has 1 aliphatic carbocycles. The second-order valence-corrected chi connectivity index (χ2v) is 8.34. The molecule has 0 saturated heterocycles. The van der Waals surface area contributed by atoms with Gasteiger partial charge in [0.05, 0.1) is 17.2 Å². The minimum atomic E-state index is -0.707. The van der Waals surface area contributed by atoms with E-state index < -0.39 is 5.97 Å². The van der Waals surface area contributed by atoms with Crippen LogP contribution in [-0.4, -0.2) is 32.2 Å². The number of nitrogens with one attached hydrogen (secondary N) is 1. The van der Waals surface area contributed by atoms with Gasteiger partial charge in [-0.3, -0.25) is 9.78 Å². The van der Waals surface area contributed by atoms with Crippen LogP contribution in [0, 0.1) is 11.8 Å². The highest BCUT2D eigenvalue weighted by atomic mass is 16.5. The number of carboxylic acid groups (broad SMARTS) is 1. The molecule has 0 radical (unpaired) electrons. The Labute approximate surface area is 175 Å². The Kier molecular flexibility index (Phi) is 5.90. The van der Waals surface area contributed by atoms with Gasteiger partial charge in [-0.25, -0.2) is 0 Å². The Balaban J connectivity index is 1.35. The van der Waals surface area contributed by atoms with Crippen LogP contribution in [0.5, 0.6) is 0 Å². The molecule has 1 aromatic carbocycles. The van der Waals surface area contributed by atoms with Crippen LogP contribution in [0.4, 0.5) is 0 Å². The van der Waals surface area contributed by atoms with Crippen molar-refractivity contribution in [1.82, 2.24) is 20.4 Å². The number of hydrogen-bond donors (Lipinski definition) is 2. The lowest BCUT2D eigenvalue weighted by Gasteiger charge is -2.32. The van der Waals surface area contributed by atoms with E-state index in [9.17, 15) is 4.79 Å². The first-order valence-electron chi connectivity index (χ1n) is 10.3. The van der Waals surface area contributed by atoms with Gasteiger partial charge in [-0.15, -0.1) is 0 Å². The van der Waals surface area contributed by atoms with Crippen LogP contribution >= 0.6 is 0 Å². The van der Waals surface area contributed by atoms with Crippen LogP contribution in [-0.2, 0) is 17.8 Å². The smallest absolute Gasteiger partial charge is 0.306 e. The van der Waals surface area contributed by atoms with E-state index in [1.807, 2.05) is 24.3 Å². The Morgan fingerprint density at radius 1 is 1.17 bits per heavy atom. The van der Waals surface area contributed by atoms with Gasteiger partial charge >= 0.3 is 5.97 Å². The molecule has 2 heterocycles. The topological polar surface area (TPSA) is 101 Å². The monoisotopic (exact) mass is 406 g/mol. The minimum absolute atomic E-state index is 0.212. The lowest BCUT2D eigenvalue weighted by atomic mass is 9.80. The van der Waals surface area contributed by atoms with E-state index in [-0.39, 0.29) is 12.0 Å². The standard InChI is InChI=1S/C23H26N4O3/c1-14(2)9-15-3-5-16(6-4-15)21-26-22(30-27-21)17-7-8-19(24-12-17)13-25-20-10-18(11-20)23(28)29/h3-8,12,14,18,20,25H,9-11,13H2,1-2H3,(H,28,29)/t18-,20+. The van der Waals surface area contributed by atoms with E-state index in [1.54, 1.807) is 6.20 Å². The molecular formula is C23H26N4O3. The van der Waals surface area contributed by atoms with Crippen LogP contribution < -0.4 is 5.32 Å². The average Bonchev–Trinajstić information content (AvgIpc) is 3.17. The van der Waals surface area contributed by atoms with Gasteiger partial charge in [-0.1, -0.05) is 43.3 Å². The van der Waals surface area contributed by atoms with Crippen molar-refractivity contribution >= 4 is 5.97 Å². The summed E-state index contributed by atoms with van der Waals surface area (Å²) >= 11 is 0. The fourth-order valence-corrected chi connectivity index (χ4v) is 3.61. The van der Waals surface area contributed by atoms with Gasteiger partial charge in [0.2, 0.25) is 5.82 Å². The molecule has 1 fully saturated rings. The van der Waals surface area contributed by atoms with Crippen LogP contribution in [0.25, 0.3) is 22.8 Å². The maximum atomic E-state index is 10.9. The molecule has 0 atom stereocenters. The van der Waals surface area contributed by atoms with Gasteiger partial charge in [0.1, 0.15) is 0 Å². The molecule has 0 unspecified atom stereocenters. The van der Waals surface area contributed by atoms with Crippen LogP contribution in [0.3, 0.4) is 0 Å². The molecule has 2 aromatic heterocycles. The van der Waals surface area contributed by atoms with Crippen molar-refractivity contribution in [2.45, 2.75) is 45.7 Å². The third-order valence-electron chi connectivity index (χ3n) is 5.41. The Bertz CT molecular complexity index is 990. The van der Waals surface area contributed by atoms with Gasteiger partial charge in [-0.2, -0.15) is 4.98 Å². The summed E-state index contributed by atoms with van der Waals surface area (Å²) in [6, 6.07) is 12.3. The van der Waals surface area contributed by atoms with Crippen molar-refractivity contribution in [3.63, 3.8) is 0 Å². The van der Waals surface area contributed by atoms with Gasteiger partial charge in [0.15, 0.2) is 0 Å². The molecule has 3 aromatic rings. The summed E-state index contributed by atoms with van der Waals surface area (Å²) < 4.78 is 5.43. The van der Waals surface area contributed by atoms with Gasteiger partial charge < -0.3 is 14.9 Å². The van der Waals surface area contributed by atoms with E-state index in [2.05, 4.69) is 46.4 Å². The number of rotatable bonds is 8. The maximum Gasteiger partial charge on any atom is 0.306 e. The SMILES string of the molecule is CC(C)Cc1ccc(-c2noc(-c3ccc(CN[C@H]4C[C@@H](C(=O)O)C4)nc3)n2)cc1. The first-order chi connectivity index (χ1) is 14.5. The second kappa shape index (κ2) is 8.75. The van der Waals surface area contributed by atoms with Crippen LogP contribution in [0.2, 0.25) is 0 Å². The summed E-state index contributed by atoms with van der Waals surface area (Å²) in [5, 5.41) is 16.4. The second-order valence-electron chi connectivity index (χ2n) is 8.34. The third kappa shape index (κ3) is 4.74. The predicted octanol–water partition coefficient (Wildman–Crippen LogP) is 3.95. The van der Waals surface area contributed by atoms with Crippen LogP contribution in [0.15, 0.2) is 47.1 Å². The number of aliphatic carboxylic acids is 1. The molecule has 1 saturated carbocycles. The number of nitrogens with zero attached hydrogens (tertiary/aromatic N) is 3. The fraction of sp³-hybridized carbons (Fsp3) is 0.391. The molecule has 1 aliphatic rings. The zero-order valence-corrected chi connectivity index (χ0v) is 17.2. The summed E-state index contributed by atoms with van der Waals surface area (Å²) in [6.07, 6.45) is 4.12. The lowest BCUT2D eigenvalue weighted by Crippen LogP contribution is -2.43. The number of benzene rings is 1. The average molecular weight is 406 g/mol. The van der Waals surface area contributed by atoms with E-state index in [1.165, 1.54) is 5.56 Å². The Morgan fingerprint density at radius 2 is 1.90 bits per heavy atom. The molecule has 4 rings (SSSR count). The molecule has 0 spiro atoms.